The molecule has 0 aromatic rings. The molecule has 20 heavy (non-hydrogen) atoms. The molecule has 0 spiro atoms. The molecule has 1 N–H and O–H groups in total. The van der Waals surface area contributed by atoms with Gasteiger partial charge in [0.1, 0.15) is 0 Å². The van der Waals surface area contributed by atoms with E-state index in [9.17, 15) is 13.2 Å². The van der Waals surface area contributed by atoms with Crippen LogP contribution in [0.2, 0.25) is 0 Å². The van der Waals surface area contributed by atoms with Crippen LogP contribution < -0.4 is 5.32 Å². The second kappa shape index (κ2) is 8.42. The Morgan fingerprint density at radius 3 is 2.65 bits per heavy atom. The molecular weight excluding hydrogens is 276 g/mol. The fourth-order valence-corrected chi connectivity index (χ4v) is 3.13. The molecule has 0 saturated heterocycles. The van der Waals surface area contributed by atoms with E-state index in [4.69, 9.17) is 0 Å². The Morgan fingerprint density at radius 2 is 2.10 bits per heavy atom. The summed E-state index contributed by atoms with van der Waals surface area (Å²) < 4.78 is 24.9. The first-order valence-electron chi connectivity index (χ1n) is 7.33. The highest BCUT2D eigenvalue weighted by atomic mass is 32.2. The van der Waals surface area contributed by atoms with Gasteiger partial charge in [-0.2, -0.15) is 0 Å². The summed E-state index contributed by atoms with van der Waals surface area (Å²) in [6.07, 6.45) is 9.33. The van der Waals surface area contributed by atoms with Gasteiger partial charge in [0.05, 0.1) is 6.26 Å². The first-order valence-corrected chi connectivity index (χ1v) is 9.18. The van der Waals surface area contributed by atoms with Gasteiger partial charge in [-0.05, 0) is 32.1 Å². The summed E-state index contributed by atoms with van der Waals surface area (Å²) in [7, 11) is -3.22. The van der Waals surface area contributed by atoms with Crippen molar-refractivity contribution in [2.75, 3.05) is 25.9 Å². The van der Waals surface area contributed by atoms with Crippen molar-refractivity contribution in [2.24, 2.45) is 0 Å². The Balaban J connectivity index is 2.44. The molecule has 1 aliphatic carbocycles. The molecule has 0 fully saturated rings. The van der Waals surface area contributed by atoms with Crippen molar-refractivity contribution in [3.8, 4) is 0 Å². The van der Waals surface area contributed by atoms with E-state index in [1.165, 1.54) is 29.0 Å². The second-order valence-electron chi connectivity index (χ2n) is 5.22. The predicted octanol–water partition coefficient (Wildman–Crippen LogP) is 1.66. The first kappa shape index (κ1) is 17.2. The van der Waals surface area contributed by atoms with Crippen LogP contribution in [0.3, 0.4) is 0 Å². The highest BCUT2D eigenvalue weighted by Crippen LogP contribution is 2.20. The third-order valence-corrected chi connectivity index (χ3v) is 4.84. The lowest BCUT2D eigenvalue weighted by Crippen LogP contribution is -2.38. The lowest BCUT2D eigenvalue weighted by molar-refractivity contribution is -0.120. The van der Waals surface area contributed by atoms with Crippen LogP contribution in [0.5, 0.6) is 0 Å². The molecule has 5 nitrogen and oxygen atoms in total. The monoisotopic (exact) mass is 302 g/mol. The zero-order chi connectivity index (χ0) is 15.0. The molecule has 0 saturated carbocycles. The summed E-state index contributed by atoms with van der Waals surface area (Å²) in [6, 6.07) is 0. The van der Waals surface area contributed by atoms with Gasteiger partial charge in [0, 0.05) is 26.1 Å². The third kappa shape index (κ3) is 6.52. The van der Waals surface area contributed by atoms with Gasteiger partial charge in [-0.1, -0.05) is 18.6 Å². The van der Waals surface area contributed by atoms with Gasteiger partial charge < -0.3 is 5.32 Å². The Bertz CT molecular complexity index is 443. The van der Waals surface area contributed by atoms with Crippen molar-refractivity contribution >= 4 is 15.9 Å². The maximum absolute atomic E-state index is 11.7. The number of hydrogen-bond donors (Lipinski definition) is 1. The molecule has 0 atom stereocenters. The second-order valence-corrected chi connectivity index (χ2v) is 7.21. The Hall–Kier alpha value is -0.880. The van der Waals surface area contributed by atoms with Crippen molar-refractivity contribution in [1.29, 1.82) is 0 Å². The fourth-order valence-electron chi connectivity index (χ4n) is 2.29. The summed E-state index contributed by atoms with van der Waals surface area (Å²) >= 11 is 0. The number of hydrogen-bond acceptors (Lipinski definition) is 3. The average Bonchev–Trinajstić information content (AvgIpc) is 2.42. The molecule has 116 valence electrons. The van der Waals surface area contributed by atoms with E-state index >= 15 is 0 Å². The number of rotatable bonds is 8. The Labute approximate surface area is 122 Å². The lowest BCUT2D eigenvalue weighted by atomic mass is 9.97. The number of sulfonamides is 1. The highest BCUT2D eigenvalue weighted by Gasteiger charge is 2.17. The summed E-state index contributed by atoms with van der Waals surface area (Å²) in [6.45, 7) is 3.00. The minimum atomic E-state index is -3.22. The summed E-state index contributed by atoms with van der Waals surface area (Å²) in [5, 5.41) is 2.71. The molecule has 0 bridgehead atoms. The van der Waals surface area contributed by atoms with E-state index in [1.807, 2.05) is 0 Å². The predicted molar refractivity (Wildman–Crippen MR) is 80.9 cm³/mol. The molecule has 1 amide bonds. The number of nitrogens with zero attached hydrogens (tertiary/aromatic N) is 1. The molecule has 6 heteroatoms. The topological polar surface area (TPSA) is 66.5 Å². The number of allylic oxidation sites excluding steroid dienone is 1. The molecule has 0 heterocycles. The SMILES string of the molecule is CCC(=O)NCCN(CCC1=CCCCC1)S(C)(=O)=O. The largest absolute Gasteiger partial charge is 0.355 e. The summed E-state index contributed by atoms with van der Waals surface area (Å²) in [5.74, 6) is -0.0477. The molecule has 0 aliphatic heterocycles. The van der Waals surface area contributed by atoms with Crippen molar-refractivity contribution in [2.45, 2.75) is 45.4 Å². The van der Waals surface area contributed by atoms with Gasteiger partial charge in [0.15, 0.2) is 0 Å². The third-order valence-electron chi connectivity index (χ3n) is 3.54. The van der Waals surface area contributed by atoms with E-state index < -0.39 is 10.0 Å². The minimum Gasteiger partial charge on any atom is -0.355 e. The van der Waals surface area contributed by atoms with Crippen LogP contribution >= 0.6 is 0 Å². The smallest absolute Gasteiger partial charge is 0.219 e. The van der Waals surface area contributed by atoms with Crippen LogP contribution in [-0.4, -0.2) is 44.5 Å². The summed E-state index contributed by atoms with van der Waals surface area (Å²) in [4.78, 5) is 11.2. The molecule has 0 aromatic heterocycles. The van der Waals surface area contributed by atoms with E-state index in [0.29, 0.717) is 26.1 Å². The zero-order valence-electron chi connectivity index (χ0n) is 12.5. The Kier molecular flexibility index (Phi) is 7.23. The average molecular weight is 302 g/mol. The van der Waals surface area contributed by atoms with Crippen LogP contribution in [0.15, 0.2) is 11.6 Å². The van der Waals surface area contributed by atoms with Crippen LogP contribution in [-0.2, 0) is 14.8 Å². The van der Waals surface area contributed by atoms with E-state index in [2.05, 4.69) is 11.4 Å². The molecule has 1 aliphatic rings. The maximum atomic E-state index is 11.7. The Morgan fingerprint density at radius 1 is 1.35 bits per heavy atom. The van der Waals surface area contributed by atoms with Crippen molar-refractivity contribution in [3.05, 3.63) is 11.6 Å². The standard InChI is InChI=1S/C14H26N2O3S/c1-3-14(17)15-10-12-16(20(2,18)19)11-9-13-7-5-4-6-8-13/h7H,3-6,8-12H2,1-2H3,(H,15,17). The first-order chi connectivity index (χ1) is 9.43. The highest BCUT2D eigenvalue weighted by molar-refractivity contribution is 7.88. The molecule has 1 rings (SSSR count). The lowest BCUT2D eigenvalue weighted by Gasteiger charge is -2.21. The van der Waals surface area contributed by atoms with Crippen molar-refractivity contribution < 1.29 is 13.2 Å². The number of carbonyl (C=O) groups excluding carboxylic acids is 1. The number of carbonyl (C=O) groups is 1. The van der Waals surface area contributed by atoms with Gasteiger partial charge in [0.2, 0.25) is 15.9 Å². The van der Waals surface area contributed by atoms with Gasteiger partial charge >= 0.3 is 0 Å². The van der Waals surface area contributed by atoms with Crippen LogP contribution in [0.1, 0.15) is 45.4 Å². The van der Waals surface area contributed by atoms with Crippen molar-refractivity contribution in [1.82, 2.24) is 9.62 Å². The van der Waals surface area contributed by atoms with Crippen LogP contribution in [0.25, 0.3) is 0 Å². The molecule has 0 unspecified atom stereocenters. The normalized spacial score (nSPS) is 16.1. The minimum absolute atomic E-state index is 0.0477. The van der Waals surface area contributed by atoms with Crippen LogP contribution in [0.4, 0.5) is 0 Å². The molecular formula is C14H26N2O3S. The van der Waals surface area contributed by atoms with Gasteiger partial charge in [-0.3, -0.25) is 4.79 Å². The number of nitrogens with one attached hydrogen (secondary N) is 1. The van der Waals surface area contributed by atoms with E-state index in [0.717, 1.165) is 19.3 Å². The number of amides is 1. The van der Waals surface area contributed by atoms with E-state index in [-0.39, 0.29) is 5.91 Å². The van der Waals surface area contributed by atoms with Gasteiger partial charge in [-0.15, -0.1) is 0 Å². The van der Waals surface area contributed by atoms with Gasteiger partial charge in [-0.25, -0.2) is 12.7 Å². The fraction of sp³-hybridized carbons (Fsp3) is 0.786. The quantitative estimate of drug-likeness (QED) is 0.694. The zero-order valence-corrected chi connectivity index (χ0v) is 13.3. The van der Waals surface area contributed by atoms with Crippen molar-refractivity contribution in [3.63, 3.8) is 0 Å². The van der Waals surface area contributed by atoms with Crippen LogP contribution in [0, 0.1) is 0 Å². The molecule has 0 aromatic carbocycles. The summed E-state index contributed by atoms with van der Waals surface area (Å²) in [5.41, 5.74) is 1.36. The maximum Gasteiger partial charge on any atom is 0.219 e. The van der Waals surface area contributed by atoms with E-state index in [1.54, 1.807) is 6.92 Å². The molecule has 0 radical (unpaired) electrons. The van der Waals surface area contributed by atoms with Gasteiger partial charge in [0.25, 0.3) is 0 Å².